The number of hydrogen-bond donors (Lipinski definition) is 1. The van der Waals surface area contributed by atoms with E-state index in [-0.39, 0.29) is 5.91 Å². The maximum Gasteiger partial charge on any atom is 0.255 e. The summed E-state index contributed by atoms with van der Waals surface area (Å²) in [4.78, 5) is 12.7. The normalized spacial score (nSPS) is 13.0. The largest absolute Gasteiger partial charge is 0.494 e. The van der Waals surface area contributed by atoms with E-state index in [1.807, 2.05) is 44.2 Å². The van der Waals surface area contributed by atoms with Crippen LogP contribution in [0.5, 0.6) is 11.5 Å². The Hall–Kier alpha value is -2.49. The zero-order valence-corrected chi connectivity index (χ0v) is 14.9. The molecule has 3 rings (SSSR count). The fourth-order valence-corrected chi connectivity index (χ4v) is 3.21. The van der Waals surface area contributed by atoms with Gasteiger partial charge in [-0.05, 0) is 74.9 Å². The molecule has 132 valence electrons. The zero-order chi connectivity index (χ0) is 17.6. The topological polar surface area (TPSA) is 47.6 Å². The van der Waals surface area contributed by atoms with Crippen molar-refractivity contribution in [2.45, 2.75) is 39.5 Å². The molecule has 1 aliphatic carbocycles. The van der Waals surface area contributed by atoms with Gasteiger partial charge in [0.05, 0.1) is 18.9 Å². The molecule has 0 aliphatic heterocycles. The minimum Gasteiger partial charge on any atom is -0.494 e. The number of amides is 1. The number of carbonyl (C=O) groups excluding carboxylic acids is 1. The Bertz CT molecular complexity index is 755. The van der Waals surface area contributed by atoms with Crippen LogP contribution in [0, 0.1) is 0 Å². The standard InChI is InChI=1S/C21H25NO3/c1-3-24-18-11-12-20(25-4-2)19(14-18)22-21(23)17-10-9-15-7-5-6-8-16(15)13-17/h9-14H,3-8H2,1-2H3,(H,22,23). The molecule has 0 radical (unpaired) electrons. The molecule has 0 heterocycles. The molecule has 0 saturated heterocycles. The van der Waals surface area contributed by atoms with Crippen LogP contribution in [0.15, 0.2) is 36.4 Å². The highest BCUT2D eigenvalue weighted by Gasteiger charge is 2.15. The highest BCUT2D eigenvalue weighted by atomic mass is 16.5. The molecule has 0 bridgehead atoms. The Balaban J connectivity index is 1.83. The molecule has 0 unspecified atom stereocenters. The van der Waals surface area contributed by atoms with E-state index in [0.29, 0.717) is 36.0 Å². The molecular weight excluding hydrogens is 314 g/mol. The van der Waals surface area contributed by atoms with Crippen molar-refractivity contribution in [3.63, 3.8) is 0 Å². The number of nitrogens with one attached hydrogen (secondary N) is 1. The summed E-state index contributed by atoms with van der Waals surface area (Å²) < 4.78 is 11.2. The van der Waals surface area contributed by atoms with Gasteiger partial charge in [-0.1, -0.05) is 6.07 Å². The third-order valence-electron chi connectivity index (χ3n) is 4.42. The number of fused-ring (bicyclic) bond motifs is 1. The van der Waals surface area contributed by atoms with Crippen LogP contribution in [-0.2, 0) is 12.8 Å². The summed E-state index contributed by atoms with van der Waals surface area (Å²) in [5.74, 6) is 1.24. The third-order valence-corrected chi connectivity index (χ3v) is 4.42. The van der Waals surface area contributed by atoms with Gasteiger partial charge in [0.1, 0.15) is 11.5 Å². The summed E-state index contributed by atoms with van der Waals surface area (Å²) in [6, 6.07) is 11.5. The van der Waals surface area contributed by atoms with E-state index in [4.69, 9.17) is 9.47 Å². The minimum atomic E-state index is -0.122. The number of anilines is 1. The first-order valence-electron chi connectivity index (χ1n) is 9.04. The zero-order valence-electron chi connectivity index (χ0n) is 14.9. The van der Waals surface area contributed by atoms with Gasteiger partial charge in [0.15, 0.2) is 0 Å². The predicted molar refractivity (Wildman–Crippen MR) is 99.8 cm³/mol. The second kappa shape index (κ2) is 8.06. The molecule has 4 nitrogen and oxygen atoms in total. The van der Waals surface area contributed by atoms with Crippen LogP contribution in [0.1, 0.15) is 48.2 Å². The molecule has 1 N–H and O–H groups in total. The fraction of sp³-hybridized carbons (Fsp3) is 0.381. The molecule has 25 heavy (non-hydrogen) atoms. The van der Waals surface area contributed by atoms with Crippen molar-refractivity contribution in [1.29, 1.82) is 0 Å². The average Bonchev–Trinajstić information content (AvgIpc) is 2.64. The van der Waals surface area contributed by atoms with Crippen molar-refractivity contribution >= 4 is 11.6 Å². The molecule has 1 amide bonds. The first kappa shape index (κ1) is 17.3. The average molecular weight is 339 g/mol. The van der Waals surface area contributed by atoms with Gasteiger partial charge in [0.25, 0.3) is 5.91 Å². The molecule has 0 fully saturated rings. The summed E-state index contributed by atoms with van der Waals surface area (Å²) in [6.07, 6.45) is 4.60. The van der Waals surface area contributed by atoms with Gasteiger partial charge >= 0.3 is 0 Å². The van der Waals surface area contributed by atoms with Crippen LogP contribution in [0.25, 0.3) is 0 Å². The molecule has 0 spiro atoms. The Morgan fingerprint density at radius 2 is 1.72 bits per heavy atom. The van der Waals surface area contributed by atoms with Crippen molar-refractivity contribution in [3.8, 4) is 11.5 Å². The monoisotopic (exact) mass is 339 g/mol. The van der Waals surface area contributed by atoms with Crippen molar-refractivity contribution in [1.82, 2.24) is 0 Å². The van der Waals surface area contributed by atoms with E-state index in [1.165, 1.54) is 24.0 Å². The van der Waals surface area contributed by atoms with Gasteiger partial charge < -0.3 is 14.8 Å². The summed E-state index contributed by atoms with van der Waals surface area (Å²) in [7, 11) is 0. The summed E-state index contributed by atoms with van der Waals surface area (Å²) in [5.41, 5.74) is 3.99. The van der Waals surface area contributed by atoms with E-state index in [9.17, 15) is 4.79 Å². The molecule has 0 saturated carbocycles. The van der Waals surface area contributed by atoms with Gasteiger partial charge in [-0.25, -0.2) is 0 Å². The van der Waals surface area contributed by atoms with Crippen molar-refractivity contribution in [2.24, 2.45) is 0 Å². The Kier molecular flexibility index (Phi) is 5.59. The lowest BCUT2D eigenvalue weighted by Gasteiger charge is -2.17. The van der Waals surface area contributed by atoms with Crippen molar-refractivity contribution in [2.75, 3.05) is 18.5 Å². The van der Waals surface area contributed by atoms with Crippen LogP contribution in [0.2, 0.25) is 0 Å². The lowest BCUT2D eigenvalue weighted by atomic mass is 9.90. The van der Waals surface area contributed by atoms with E-state index in [0.717, 1.165) is 12.8 Å². The number of hydrogen-bond acceptors (Lipinski definition) is 3. The third kappa shape index (κ3) is 4.13. The lowest BCUT2D eigenvalue weighted by Crippen LogP contribution is -2.14. The van der Waals surface area contributed by atoms with Gasteiger partial charge in [-0.2, -0.15) is 0 Å². The van der Waals surface area contributed by atoms with Crippen molar-refractivity contribution in [3.05, 3.63) is 53.1 Å². The van der Waals surface area contributed by atoms with Crippen LogP contribution in [0.4, 0.5) is 5.69 Å². The van der Waals surface area contributed by atoms with Gasteiger partial charge in [0, 0.05) is 11.6 Å². The molecule has 2 aromatic rings. The fourth-order valence-electron chi connectivity index (χ4n) is 3.21. The van der Waals surface area contributed by atoms with Crippen LogP contribution in [0.3, 0.4) is 0 Å². The smallest absolute Gasteiger partial charge is 0.255 e. The van der Waals surface area contributed by atoms with Gasteiger partial charge in [-0.3, -0.25) is 4.79 Å². The number of benzene rings is 2. The second-order valence-corrected chi connectivity index (χ2v) is 6.17. The maximum atomic E-state index is 12.7. The quantitative estimate of drug-likeness (QED) is 0.836. The first-order chi connectivity index (χ1) is 12.2. The number of rotatable bonds is 6. The Labute approximate surface area is 149 Å². The van der Waals surface area contributed by atoms with Crippen LogP contribution in [-0.4, -0.2) is 19.1 Å². The predicted octanol–water partition coefficient (Wildman–Crippen LogP) is 4.62. The highest BCUT2D eigenvalue weighted by molar-refractivity contribution is 6.05. The SMILES string of the molecule is CCOc1ccc(OCC)c(NC(=O)c2ccc3c(c2)CCCC3)c1. The van der Waals surface area contributed by atoms with E-state index >= 15 is 0 Å². The molecule has 0 aromatic heterocycles. The molecule has 4 heteroatoms. The molecular formula is C21H25NO3. The number of aryl methyl sites for hydroxylation is 2. The summed E-state index contributed by atoms with van der Waals surface area (Å²) in [6.45, 7) is 4.97. The first-order valence-corrected chi connectivity index (χ1v) is 9.04. The second-order valence-electron chi connectivity index (χ2n) is 6.17. The highest BCUT2D eigenvalue weighted by Crippen LogP contribution is 2.30. The van der Waals surface area contributed by atoms with Gasteiger partial charge in [-0.15, -0.1) is 0 Å². The van der Waals surface area contributed by atoms with E-state index in [1.54, 1.807) is 0 Å². The van der Waals surface area contributed by atoms with Gasteiger partial charge in [0.2, 0.25) is 0 Å². The molecule has 2 aromatic carbocycles. The maximum absolute atomic E-state index is 12.7. The van der Waals surface area contributed by atoms with Crippen LogP contribution >= 0.6 is 0 Å². The van der Waals surface area contributed by atoms with Crippen LogP contribution < -0.4 is 14.8 Å². The van der Waals surface area contributed by atoms with E-state index < -0.39 is 0 Å². The minimum absolute atomic E-state index is 0.122. The lowest BCUT2D eigenvalue weighted by molar-refractivity contribution is 0.102. The Morgan fingerprint density at radius 1 is 0.960 bits per heavy atom. The summed E-state index contributed by atoms with van der Waals surface area (Å²) in [5, 5.41) is 2.97. The molecule has 0 atom stereocenters. The summed E-state index contributed by atoms with van der Waals surface area (Å²) >= 11 is 0. The number of ether oxygens (including phenoxy) is 2. The van der Waals surface area contributed by atoms with E-state index in [2.05, 4.69) is 11.4 Å². The number of carbonyl (C=O) groups is 1. The molecule has 1 aliphatic rings. The van der Waals surface area contributed by atoms with Crippen molar-refractivity contribution < 1.29 is 14.3 Å². The Morgan fingerprint density at radius 3 is 2.48 bits per heavy atom.